The van der Waals surface area contributed by atoms with Crippen molar-refractivity contribution in [1.82, 2.24) is 9.36 Å². The molecule has 0 spiro atoms. The van der Waals surface area contributed by atoms with Crippen LogP contribution in [0.2, 0.25) is 0 Å². The van der Waals surface area contributed by atoms with Gasteiger partial charge in [0.25, 0.3) is 5.91 Å². The van der Waals surface area contributed by atoms with Gasteiger partial charge in [0, 0.05) is 43.5 Å². The van der Waals surface area contributed by atoms with Gasteiger partial charge in [0.1, 0.15) is 0 Å². The normalized spacial score (nSPS) is 17.8. The molecule has 0 aliphatic carbocycles. The van der Waals surface area contributed by atoms with Gasteiger partial charge in [-0.25, -0.2) is 0 Å². The lowest BCUT2D eigenvalue weighted by molar-refractivity contribution is -0.137. The summed E-state index contributed by atoms with van der Waals surface area (Å²) in [5, 5.41) is 0. The first kappa shape index (κ1) is 26.0. The fourth-order valence-corrected chi connectivity index (χ4v) is 4.06. The van der Waals surface area contributed by atoms with Crippen LogP contribution in [-0.2, 0) is 34.7 Å². The Morgan fingerprint density at radius 1 is 1.26 bits per heavy atom. The number of nitrogens with zero attached hydrogens (tertiary/aromatic N) is 3. The Balaban J connectivity index is 2.12. The zero-order valence-corrected chi connectivity index (χ0v) is 20.3. The molecule has 1 amide bonds. The quantitative estimate of drug-likeness (QED) is 0.602. The average Bonchev–Trinajstić information content (AvgIpc) is 3.37. The molecule has 1 saturated heterocycles. The van der Waals surface area contributed by atoms with Crippen molar-refractivity contribution in [3.63, 3.8) is 0 Å². The molecule has 1 atom stereocenters. The Hall–Kier alpha value is -2.65. The molecule has 186 valence electrons. The predicted molar refractivity (Wildman–Crippen MR) is 123 cm³/mol. The highest BCUT2D eigenvalue weighted by Crippen LogP contribution is 2.31. The third-order valence-electron chi connectivity index (χ3n) is 5.80. The summed E-state index contributed by atoms with van der Waals surface area (Å²) >= 11 is 0. The Bertz CT molecular complexity index is 1120. The van der Waals surface area contributed by atoms with Crippen LogP contribution in [0.5, 0.6) is 0 Å². The van der Waals surface area contributed by atoms with Crippen LogP contribution < -0.4 is 5.49 Å². The summed E-state index contributed by atoms with van der Waals surface area (Å²) in [5.74, 6) is -0.740. The Morgan fingerprint density at radius 3 is 2.59 bits per heavy atom. The van der Waals surface area contributed by atoms with E-state index in [9.17, 15) is 18.0 Å². The standard InChI is InChI=1S/C25H32F3N3O3/c1-24(2,3)21-15-22(31(30(21)4)16-19-9-7-13-34-19)29-23(32)20-14-18(25(26,27)28)11-10-17(20)8-6-12-33-5/h6,8,10-11,14-15,19H,7,9,12-13,16H2,1-5H3/t19-/m1/s1. The van der Waals surface area contributed by atoms with Crippen molar-refractivity contribution in [2.24, 2.45) is 12.0 Å². The van der Waals surface area contributed by atoms with E-state index in [4.69, 9.17) is 9.47 Å². The highest BCUT2D eigenvalue weighted by Gasteiger charge is 2.32. The monoisotopic (exact) mass is 479 g/mol. The van der Waals surface area contributed by atoms with Crippen molar-refractivity contribution >= 4 is 12.0 Å². The molecule has 0 unspecified atom stereocenters. The molecule has 0 N–H and O–H groups in total. The van der Waals surface area contributed by atoms with E-state index in [0.29, 0.717) is 24.2 Å². The van der Waals surface area contributed by atoms with Gasteiger partial charge in [0.2, 0.25) is 0 Å². The molecule has 1 aromatic carbocycles. The molecule has 1 aliphatic rings. The number of hydrogen-bond acceptors (Lipinski definition) is 3. The van der Waals surface area contributed by atoms with Crippen LogP contribution in [0.15, 0.2) is 35.3 Å². The maximum absolute atomic E-state index is 13.4. The largest absolute Gasteiger partial charge is 0.416 e. The molecule has 0 radical (unpaired) electrons. The minimum atomic E-state index is -4.57. The van der Waals surface area contributed by atoms with Gasteiger partial charge in [-0.2, -0.15) is 18.2 Å². The lowest BCUT2D eigenvalue weighted by Crippen LogP contribution is -2.30. The molecule has 2 aromatic rings. The van der Waals surface area contributed by atoms with Gasteiger partial charge >= 0.3 is 6.18 Å². The van der Waals surface area contributed by atoms with Crippen molar-refractivity contribution in [3.05, 3.63) is 58.2 Å². The second-order valence-electron chi connectivity index (χ2n) is 9.45. The van der Waals surface area contributed by atoms with E-state index in [1.165, 1.54) is 13.2 Å². The first-order valence-corrected chi connectivity index (χ1v) is 11.3. The Kier molecular flexibility index (Phi) is 7.88. The topological polar surface area (TPSA) is 57.8 Å². The van der Waals surface area contributed by atoms with Gasteiger partial charge in [-0.15, -0.1) is 0 Å². The zero-order chi connectivity index (χ0) is 25.1. The van der Waals surface area contributed by atoms with Crippen molar-refractivity contribution in [2.45, 2.75) is 57.9 Å². The van der Waals surface area contributed by atoms with Crippen LogP contribution in [0, 0.1) is 0 Å². The summed E-state index contributed by atoms with van der Waals surface area (Å²) in [4.78, 5) is 17.5. The van der Waals surface area contributed by atoms with Gasteiger partial charge in [0.05, 0.1) is 24.8 Å². The van der Waals surface area contributed by atoms with Crippen molar-refractivity contribution < 1.29 is 27.4 Å². The van der Waals surface area contributed by atoms with Gasteiger partial charge in [-0.1, -0.05) is 39.0 Å². The SMILES string of the molecule is COCC=Cc1ccc(C(F)(F)F)cc1C(=O)N=c1cc(C(C)(C)C)n(C)n1C[C@H]1CCCO1. The summed E-state index contributed by atoms with van der Waals surface area (Å²) < 4.78 is 54.7. The smallest absolute Gasteiger partial charge is 0.381 e. The lowest BCUT2D eigenvalue weighted by atomic mass is 9.92. The highest BCUT2D eigenvalue weighted by molar-refractivity contribution is 5.98. The maximum atomic E-state index is 13.4. The van der Waals surface area contributed by atoms with Crippen molar-refractivity contribution in [2.75, 3.05) is 20.3 Å². The van der Waals surface area contributed by atoms with E-state index in [0.717, 1.165) is 30.7 Å². The molecule has 34 heavy (non-hydrogen) atoms. The number of benzene rings is 1. The first-order chi connectivity index (χ1) is 15.9. The zero-order valence-electron chi connectivity index (χ0n) is 20.3. The van der Waals surface area contributed by atoms with Gasteiger partial charge in [0.15, 0.2) is 5.49 Å². The van der Waals surface area contributed by atoms with Crippen LogP contribution in [0.3, 0.4) is 0 Å². The summed E-state index contributed by atoms with van der Waals surface area (Å²) in [5.41, 5.74) is 0.432. The van der Waals surface area contributed by atoms with E-state index in [1.807, 2.05) is 22.5 Å². The average molecular weight is 480 g/mol. The molecular formula is C25H32F3N3O3. The maximum Gasteiger partial charge on any atom is 0.416 e. The number of halogens is 3. The number of hydrogen-bond donors (Lipinski definition) is 0. The fourth-order valence-electron chi connectivity index (χ4n) is 4.06. The van der Waals surface area contributed by atoms with Crippen molar-refractivity contribution in [3.8, 4) is 0 Å². The number of ether oxygens (including phenoxy) is 2. The van der Waals surface area contributed by atoms with E-state index in [-0.39, 0.29) is 23.7 Å². The first-order valence-electron chi connectivity index (χ1n) is 11.3. The molecule has 1 aliphatic heterocycles. The molecule has 2 heterocycles. The van der Waals surface area contributed by atoms with Gasteiger partial charge in [-0.3, -0.25) is 14.2 Å². The van der Waals surface area contributed by atoms with E-state index in [2.05, 4.69) is 25.8 Å². The second kappa shape index (κ2) is 10.3. The highest BCUT2D eigenvalue weighted by atomic mass is 19.4. The fraction of sp³-hybridized carbons (Fsp3) is 0.520. The third kappa shape index (κ3) is 6.07. The molecule has 1 fully saturated rings. The summed E-state index contributed by atoms with van der Waals surface area (Å²) in [6, 6.07) is 4.92. The predicted octanol–water partition coefficient (Wildman–Crippen LogP) is 4.72. The Labute approximate surface area is 197 Å². The number of carbonyl (C=O) groups is 1. The lowest BCUT2D eigenvalue weighted by Gasteiger charge is -2.21. The number of amides is 1. The van der Waals surface area contributed by atoms with E-state index >= 15 is 0 Å². The third-order valence-corrected chi connectivity index (χ3v) is 5.80. The molecule has 0 saturated carbocycles. The molecule has 3 rings (SSSR count). The summed E-state index contributed by atoms with van der Waals surface area (Å²) in [6.07, 6.45) is 0.495. The Morgan fingerprint density at radius 2 is 2.00 bits per heavy atom. The van der Waals surface area contributed by atoms with Crippen LogP contribution >= 0.6 is 0 Å². The van der Waals surface area contributed by atoms with Crippen LogP contribution in [-0.4, -0.2) is 41.7 Å². The second-order valence-corrected chi connectivity index (χ2v) is 9.45. The number of alkyl halides is 3. The molecular weight excluding hydrogens is 447 g/mol. The van der Waals surface area contributed by atoms with Crippen molar-refractivity contribution in [1.29, 1.82) is 0 Å². The number of rotatable bonds is 6. The van der Waals surface area contributed by atoms with Crippen LogP contribution in [0.4, 0.5) is 13.2 Å². The molecule has 6 nitrogen and oxygen atoms in total. The van der Waals surface area contributed by atoms with E-state index in [1.54, 1.807) is 12.2 Å². The number of methoxy groups -OCH3 is 1. The molecule has 1 aromatic heterocycles. The number of aromatic nitrogens is 2. The summed E-state index contributed by atoms with van der Waals surface area (Å²) in [6.45, 7) is 7.61. The van der Waals surface area contributed by atoms with Crippen LogP contribution in [0.25, 0.3) is 6.08 Å². The minimum Gasteiger partial charge on any atom is -0.381 e. The minimum absolute atomic E-state index is 0.00318. The molecule has 9 heteroatoms. The number of carbonyl (C=O) groups excluding carboxylic acids is 1. The van der Waals surface area contributed by atoms with E-state index < -0.39 is 17.6 Å². The summed E-state index contributed by atoms with van der Waals surface area (Å²) in [7, 11) is 3.40. The van der Waals surface area contributed by atoms with Crippen LogP contribution in [0.1, 0.15) is 60.8 Å². The molecule has 0 bridgehead atoms. The van der Waals surface area contributed by atoms with Gasteiger partial charge < -0.3 is 9.47 Å². The van der Waals surface area contributed by atoms with Gasteiger partial charge in [-0.05, 0) is 30.5 Å².